The summed E-state index contributed by atoms with van der Waals surface area (Å²) in [7, 11) is 0. The maximum atomic E-state index is 10.7. The fourth-order valence-electron chi connectivity index (χ4n) is 3.89. The van der Waals surface area contributed by atoms with Crippen LogP contribution in [0.4, 0.5) is 5.69 Å². The average Bonchev–Trinajstić information content (AvgIpc) is 3.04. The Bertz CT molecular complexity index is 916. The van der Waals surface area contributed by atoms with Gasteiger partial charge in [0.15, 0.2) is 0 Å². The molecule has 2 aromatic carbocycles. The van der Waals surface area contributed by atoms with Gasteiger partial charge in [0.2, 0.25) is 0 Å². The predicted octanol–water partition coefficient (Wildman–Crippen LogP) is 4.16. The van der Waals surface area contributed by atoms with Crippen LogP contribution in [0.5, 0.6) is 5.75 Å². The molecule has 1 saturated heterocycles. The number of aliphatic hydroxyl groups excluding tert-OH is 1. The standard InChI is InChI=1S/C22H26N2O2S/c1-16-17-6-2-5-9-21(17)27-22(16)20(26)10-11-23-12-14-24(15-13-23)18-7-3-4-8-19(18)25/h2-9,20,25-26H,10-15H2,1H3. The summed E-state index contributed by atoms with van der Waals surface area (Å²) in [5.41, 5.74) is 2.13. The van der Waals surface area contributed by atoms with Crippen molar-refractivity contribution < 1.29 is 10.2 Å². The number of hydrogen-bond acceptors (Lipinski definition) is 5. The highest BCUT2D eigenvalue weighted by Gasteiger charge is 2.21. The Morgan fingerprint density at radius 3 is 2.44 bits per heavy atom. The molecule has 0 radical (unpaired) electrons. The number of hydrogen-bond donors (Lipinski definition) is 2. The lowest BCUT2D eigenvalue weighted by atomic mass is 10.1. The first-order valence-corrected chi connectivity index (χ1v) is 10.4. The van der Waals surface area contributed by atoms with Crippen molar-refractivity contribution in [2.24, 2.45) is 0 Å². The number of para-hydroxylation sites is 2. The smallest absolute Gasteiger partial charge is 0.138 e. The van der Waals surface area contributed by atoms with Crippen molar-refractivity contribution in [3.8, 4) is 5.75 Å². The Morgan fingerprint density at radius 1 is 1.00 bits per heavy atom. The van der Waals surface area contributed by atoms with Crippen molar-refractivity contribution in [3.05, 3.63) is 59.0 Å². The second-order valence-electron chi connectivity index (χ2n) is 7.21. The summed E-state index contributed by atoms with van der Waals surface area (Å²) >= 11 is 1.71. The number of aromatic hydroxyl groups is 1. The van der Waals surface area contributed by atoms with E-state index in [-0.39, 0.29) is 0 Å². The fourth-order valence-corrected chi connectivity index (χ4v) is 5.12. The van der Waals surface area contributed by atoms with Crippen molar-refractivity contribution in [3.63, 3.8) is 0 Å². The third kappa shape index (κ3) is 3.81. The number of rotatable bonds is 5. The first kappa shape index (κ1) is 18.3. The Hall–Kier alpha value is -2.08. The summed E-state index contributed by atoms with van der Waals surface area (Å²) in [6.45, 7) is 6.70. The molecule has 0 aliphatic carbocycles. The minimum atomic E-state index is -0.404. The summed E-state index contributed by atoms with van der Waals surface area (Å²) in [6.07, 6.45) is 0.350. The molecule has 4 rings (SSSR count). The molecule has 0 spiro atoms. The van der Waals surface area contributed by atoms with Crippen molar-refractivity contribution in [2.45, 2.75) is 19.4 Å². The zero-order valence-corrected chi connectivity index (χ0v) is 16.5. The minimum Gasteiger partial charge on any atom is -0.506 e. The molecule has 0 amide bonds. The van der Waals surface area contributed by atoms with Gasteiger partial charge in [-0.15, -0.1) is 11.3 Å². The zero-order valence-electron chi connectivity index (χ0n) is 15.6. The van der Waals surface area contributed by atoms with Crippen molar-refractivity contribution in [1.82, 2.24) is 4.90 Å². The van der Waals surface area contributed by atoms with E-state index in [1.807, 2.05) is 18.2 Å². The van der Waals surface area contributed by atoms with Gasteiger partial charge in [0.1, 0.15) is 5.75 Å². The van der Waals surface area contributed by atoms with Crippen molar-refractivity contribution in [2.75, 3.05) is 37.6 Å². The molecule has 5 heteroatoms. The van der Waals surface area contributed by atoms with E-state index in [4.69, 9.17) is 0 Å². The lowest BCUT2D eigenvalue weighted by molar-refractivity contribution is 0.142. The summed E-state index contributed by atoms with van der Waals surface area (Å²) in [5.74, 6) is 0.349. The number of fused-ring (bicyclic) bond motifs is 1. The maximum absolute atomic E-state index is 10.7. The fraction of sp³-hybridized carbons (Fsp3) is 0.364. The molecule has 1 aliphatic heterocycles. The number of aryl methyl sites for hydroxylation is 1. The van der Waals surface area contributed by atoms with E-state index in [2.05, 4.69) is 41.0 Å². The van der Waals surface area contributed by atoms with Crippen molar-refractivity contribution >= 4 is 27.1 Å². The number of thiophene rings is 1. The average molecular weight is 383 g/mol. The molecule has 1 aliphatic rings. The highest BCUT2D eigenvalue weighted by molar-refractivity contribution is 7.19. The lowest BCUT2D eigenvalue weighted by Gasteiger charge is -2.36. The van der Waals surface area contributed by atoms with E-state index >= 15 is 0 Å². The third-order valence-corrected chi connectivity index (χ3v) is 6.87. The molecule has 2 N–H and O–H groups in total. The van der Waals surface area contributed by atoms with E-state index in [0.29, 0.717) is 5.75 Å². The second kappa shape index (κ2) is 7.89. The summed E-state index contributed by atoms with van der Waals surface area (Å²) in [6, 6.07) is 15.9. The third-order valence-electron chi connectivity index (χ3n) is 5.50. The van der Waals surface area contributed by atoms with Gasteiger partial charge in [-0.3, -0.25) is 4.90 Å². The number of benzene rings is 2. The van der Waals surface area contributed by atoms with Crippen molar-refractivity contribution in [1.29, 1.82) is 0 Å². The largest absolute Gasteiger partial charge is 0.506 e. The van der Waals surface area contributed by atoms with Gasteiger partial charge in [-0.2, -0.15) is 0 Å². The van der Waals surface area contributed by atoms with Crippen LogP contribution < -0.4 is 4.90 Å². The molecule has 142 valence electrons. The lowest BCUT2D eigenvalue weighted by Crippen LogP contribution is -2.46. The van der Waals surface area contributed by atoms with E-state index in [1.165, 1.54) is 15.6 Å². The summed E-state index contributed by atoms with van der Waals surface area (Å²) < 4.78 is 1.25. The Morgan fingerprint density at radius 2 is 1.70 bits per heavy atom. The van der Waals surface area contributed by atoms with E-state index in [0.717, 1.165) is 49.7 Å². The monoisotopic (exact) mass is 382 g/mol. The first-order chi connectivity index (χ1) is 13.1. The molecular weight excluding hydrogens is 356 g/mol. The molecular formula is C22H26N2O2S. The number of phenols is 1. The van der Waals surface area contributed by atoms with Crippen LogP contribution in [0.2, 0.25) is 0 Å². The van der Waals surface area contributed by atoms with E-state index in [1.54, 1.807) is 17.4 Å². The molecule has 1 atom stereocenters. The first-order valence-electron chi connectivity index (χ1n) is 9.55. The van der Waals surface area contributed by atoms with Crippen LogP contribution in [0, 0.1) is 6.92 Å². The zero-order chi connectivity index (χ0) is 18.8. The predicted molar refractivity (Wildman–Crippen MR) is 113 cm³/mol. The Kier molecular flexibility index (Phi) is 5.34. The number of aliphatic hydroxyl groups is 1. The maximum Gasteiger partial charge on any atom is 0.138 e. The molecule has 1 unspecified atom stereocenters. The van der Waals surface area contributed by atoms with Crippen LogP contribution in [0.1, 0.15) is 23.0 Å². The van der Waals surface area contributed by atoms with Gasteiger partial charge in [-0.25, -0.2) is 0 Å². The number of nitrogens with zero attached hydrogens (tertiary/aromatic N) is 2. The van der Waals surface area contributed by atoms with E-state index in [9.17, 15) is 10.2 Å². The quantitative estimate of drug-likeness (QED) is 0.696. The van der Waals surface area contributed by atoms with Crippen LogP contribution in [-0.2, 0) is 0 Å². The summed E-state index contributed by atoms with van der Waals surface area (Å²) in [4.78, 5) is 5.74. The van der Waals surface area contributed by atoms with Crippen LogP contribution >= 0.6 is 11.3 Å². The topological polar surface area (TPSA) is 46.9 Å². The number of piperazine rings is 1. The number of phenolic OH excluding ortho intramolecular Hbond substituents is 1. The van der Waals surface area contributed by atoms with Gasteiger partial charge < -0.3 is 15.1 Å². The molecule has 1 aromatic heterocycles. The molecule has 0 saturated carbocycles. The Labute approximate surface area is 164 Å². The molecule has 4 nitrogen and oxygen atoms in total. The SMILES string of the molecule is Cc1c(C(O)CCN2CCN(c3ccccc3O)CC2)sc2ccccc12. The molecule has 3 aromatic rings. The van der Waals surface area contributed by atoms with E-state index < -0.39 is 6.10 Å². The Balaban J connectivity index is 1.33. The minimum absolute atomic E-state index is 0.349. The summed E-state index contributed by atoms with van der Waals surface area (Å²) in [5, 5.41) is 22.0. The second-order valence-corrected chi connectivity index (χ2v) is 8.29. The molecule has 0 bridgehead atoms. The van der Waals surface area contributed by atoms with Crippen LogP contribution in [0.25, 0.3) is 10.1 Å². The highest BCUT2D eigenvalue weighted by Crippen LogP contribution is 2.36. The number of anilines is 1. The normalized spacial score (nSPS) is 16.7. The van der Waals surface area contributed by atoms with Gasteiger partial charge in [0.25, 0.3) is 0 Å². The van der Waals surface area contributed by atoms with Crippen LogP contribution in [0.15, 0.2) is 48.5 Å². The van der Waals surface area contributed by atoms with Crippen LogP contribution in [0.3, 0.4) is 0 Å². The van der Waals surface area contributed by atoms with Gasteiger partial charge >= 0.3 is 0 Å². The van der Waals surface area contributed by atoms with Gasteiger partial charge in [-0.05, 0) is 42.5 Å². The van der Waals surface area contributed by atoms with Gasteiger partial charge in [-0.1, -0.05) is 30.3 Å². The highest BCUT2D eigenvalue weighted by atomic mass is 32.1. The molecule has 2 heterocycles. The van der Waals surface area contributed by atoms with Gasteiger partial charge in [0, 0.05) is 42.3 Å². The van der Waals surface area contributed by atoms with Crippen LogP contribution in [-0.4, -0.2) is 47.8 Å². The molecule has 1 fully saturated rings. The van der Waals surface area contributed by atoms with Gasteiger partial charge in [0.05, 0.1) is 11.8 Å². The molecule has 27 heavy (non-hydrogen) atoms.